The molecule has 1 atom stereocenters. The van der Waals surface area contributed by atoms with Crippen LogP contribution in [0.2, 0.25) is 0 Å². The summed E-state index contributed by atoms with van der Waals surface area (Å²) >= 11 is 3.54. The predicted octanol–water partition coefficient (Wildman–Crippen LogP) is 3.49. The number of carbonyl (C=O) groups excluding carboxylic acids is 2. The van der Waals surface area contributed by atoms with Crippen molar-refractivity contribution in [3.63, 3.8) is 0 Å². The second kappa shape index (κ2) is 9.85. The molecule has 1 unspecified atom stereocenters. The van der Waals surface area contributed by atoms with Crippen molar-refractivity contribution in [2.75, 3.05) is 19.6 Å². The summed E-state index contributed by atoms with van der Waals surface area (Å²) in [5.41, 5.74) is 7.59. The Morgan fingerprint density at radius 3 is 2.64 bits per heavy atom. The lowest BCUT2D eigenvalue weighted by Gasteiger charge is -2.29. The number of carbonyl (C=O) groups is 2. The van der Waals surface area contributed by atoms with Crippen molar-refractivity contribution in [2.24, 2.45) is 5.73 Å². The van der Waals surface area contributed by atoms with Gasteiger partial charge < -0.3 is 10.6 Å². The summed E-state index contributed by atoms with van der Waals surface area (Å²) in [7, 11) is 0. The van der Waals surface area contributed by atoms with Crippen molar-refractivity contribution >= 4 is 27.7 Å². The zero-order chi connectivity index (χ0) is 19.9. The molecule has 3 rings (SSSR count). The van der Waals surface area contributed by atoms with Gasteiger partial charge in [-0.05, 0) is 42.6 Å². The Labute approximate surface area is 174 Å². The molecule has 0 aromatic heterocycles. The van der Waals surface area contributed by atoms with Crippen molar-refractivity contribution < 1.29 is 9.59 Å². The Morgan fingerprint density at radius 1 is 1.14 bits per heavy atom. The summed E-state index contributed by atoms with van der Waals surface area (Å²) in [5.74, 6) is -0.356. The monoisotopic (exact) mass is 443 g/mol. The van der Waals surface area contributed by atoms with E-state index in [1.807, 2.05) is 42.5 Å². The minimum atomic E-state index is -0.390. The zero-order valence-corrected chi connectivity index (χ0v) is 17.5. The summed E-state index contributed by atoms with van der Waals surface area (Å²) in [4.78, 5) is 28.3. The molecule has 28 heavy (non-hydrogen) atoms. The summed E-state index contributed by atoms with van der Waals surface area (Å²) in [6.07, 6.45) is 2.29. The van der Waals surface area contributed by atoms with Gasteiger partial charge in [-0.2, -0.15) is 0 Å². The zero-order valence-electron chi connectivity index (χ0n) is 15.9. The SMILES string of the molecule is NC(=O)CCN(Cc1ccccc1)C(=O)CN1CCCC1c1cccc(Br)c1. The molecule has 2 amide bonds. The van der Waals surface area contributed by atoms with E-state index in [9.17, 15) is 9.59 Å². The summed E-state index contributed by atoms with van der Waals surface area (Å²) in [6.45, 7) is 2.08. The number of halogens is 1. The van der Waals surface area contributed by atoms with E-state index in [4.69, 9.17) is 5.73 Å². The number of amides is 2. The predicted molar refractivity (Wildman–Crippen MR) is 113 cm³/mol. The molecular formula is C22H26BrN3O2. The van der Waals surface area contributed by atoms with E-state index in [2.05, 4.69) is 33.0 Å². The van der Waals surface area contributed by atoms with Crippen molar-refractivity contribution in [3.8, 4) is 0 Å². The van der Waals surface area contributed by atoms with Crippen LogP contribution < -0.4 is 5.73 Å². The van der Waals surface area contributed by atoms with Gasteiger partial charge in [-0.25, -0.2) is 0 Å². The maximum Gasteiger partial charge on any atom is 0.237 e. The fraction of sp³-hybridized carbons (Fsp3) is 0.364. The number of rotatable bonds is 8. The van der Waals surface area contributed by atoms with Gasteiger partial charge in [0.1, 0.15) is 0 Å². The molecule has 2 N–H and O–H groups in total. The van der Waals surface area contributed by atoms with Crippen LogP contribution in [-0.4, -0.2) is 41.2 Å². The van der Waals surface area contributed by atoms with E-state index in [1.54, 1.807) is 4.90 Å². The maximum atomic E-state index is 13.1. The minimum Gasteiger partial charge on any atom is -0.370 e. The van der Waals surface area contributed by atoms with Crippen LogP contribution >= 0.6 is 15.9 Å². The lowest BCUT2D eigenvalue weighted by Crippen LogP contribution is -2.41. The molecule has 0 spiro atoms. The van der Waals surface area contributed by atoms with Crippen LogP contribution in [0.4, 0.5) is 0 Å². The van der Waals surface area contributed by atoms with Crippen molar-refractivity contribution in [3.05, 3.63) is 70.2 Å². The Morgan fingerprint density at radius 2 is 1.93 bits per heavy atom. The topological polar surface area (TPSA) is 66.6 Å². The van der Waals surface area contributed by atoms with Gasteiger partial charge in [0.05, 0.1) is 6.54 Å². The molecule has 1 saturated heterocycles. The Hall–Kier alpha value is -2.18. The number of hydrogen-bond donors (Lipinski definition) is 1. The third kappa shape index (κ3) is 5.66. The summed E-state index contributed by atoms with van der Waals surface area (Å²) < 4.78 is 1.05. The molecule has 0 aliphatic carbocycles. The third-order valence-corrected chi connectivity index (χ3v) is 5.63. The number of nitrogens with zero attached hydrogens (tertiary/aromatic N) is 2. The van der Waals surface area contributed by atoms with E-state index in [-0.39, 0.29) is 24.3 Å². The van der Waals surface area contributed by atoms with Crippen molar-refractivity contribution in [1.29, 1.82) is 0 Å². The lowest BCUT2D eigenvalue weighted by atomic mass is 10.0. The highest BCUT2D eigenvalue weighted by atomic mass is 79.9. The largest absolute Gasteiger partial charge is 0.370 e. The van der Waals surface area contributed by atoms with Gasteiger partial charge in [0.25, 0.3) is 0 Å². The van der Waals surface area contributed by atoms with Crippen molar-refractivity contribution in [2.45, 2.75) is 31.8 Å². The fourth-order valence-corrected chi connectivity index (χ4v) is 4.14. The fourth-order valence-electron chi connectivity index (χ4n) is 3.72. The average molecular weight is 444 g/mol. The molecule has 1 aliphatic heterocycles. The second-order valence-corrected chi connectivity index (χ2v) is 8.12. The van der Waals surface area contributed by atoms with E-state index >= 15 is 0 Å². The third-order valence-electron chi connectivity index (χ3n) is 5.13. The maximum absolute atomic E-state index is 13.1. The average Bonchev–Trinajstić information content (AvgIpc) is 3.14. The number of nitrogens with two attached hydrogens (primary N) is 1. The van der Waals surface area contributed by atoms with Crippen LogP contribution in [0.15, 0.2) is 59.1 Å². The molecule has 2 aromatic carbocycles. The number of hydrogen-bond acceptors (Lipinski definition) is 3. The minimum absolute atomic E-state index is 0.0343. The highest BCUT2D eigenvalue weighted by molar-refractivity contribution is 9.10. The van der Waals surface area contributed by atoms with Gasteiger partial charge in [-0.1, -0.05) is 58.4 Å². The van der Waals surface area contributed by atoms with Gasteiger partial charge in [-0.15, -0.1) is 0 Å². The first-order valence-corrected chi connectivity index (χ1v) is 10.4. The Kier molecular flexibility index (Phi) is 7.23. The molecule has 0 radical (unpaired) electrons. The first-order chi connectivity index (χ1) is 13.5. The Balaban J connectivity index is 1.70. The van der Waals surface area contributed by atoms with Crippen LogP contribution in [0.5, 0.6) is 0 Å². The van der Waals surface area contributed by atoms with Gasteiger partial charge in [0.2, 0.25) is 11.8 Å². The second-order valence-electron chi connectivity index (χ2n) is 7.20. The number of primary amides is 1. The molecule has 0 saturated carbocycles. The van der Waals surface area contributed by atoms with Gasteiger partial charge in [-0.3, -0.25) is 14.5 Å². The Bertz CT molecular complexity index is 812. The molecule has 1 aliphatic rings. The highest BCUT2D eigenvalue weighted by Gasteiger charge is 2.29. The summed E-state index contributed by atoms with van der Waals surface area (Å²) in [5, 5.41) is 0. The quantitative estimate of drug-likeness (QED) is 0.678. The van der Waals surface area contributed by atoms with E-state index < -0.39 is 0 Å². The van der Waals surface area contributed by atoms with Crippen molar-refractivity contribution in [1.82, 2.24) is 9.80 Å². The van der Waals surface area contributed by atoms with Gasteiger partial charge >= 0.3 is 0 Å². The smallest absolute Gasteiger partial charge is 0.237 e. The molecule has 1 heterocycles. The van der Waals surface area contributed by atoms with E-state index in [1.165, 1.54) is 5.56 Å². The number of benzene rings is 2. The lowest BCUT2D eigenvalue weighted by molar-refractivity contribution is -0.133. The van der Waals surface area contributed by atoms with E-state index in [0.717, 1.165) is 29.4 Å². The molecule has 5 nitrogen and oxygen atoms in total. The van der Waals surface area contributed by atoms with E-state index in [0.29, 0.717) is 19.6 Å². The first-order valence-electron chi connectivity index (χ1n) is 9.62. The van der Waals surface area contributed by atoms with Crippen LogP contribution in [0.25, 0.3) is 0 Å². The molecular weight excluding hydrogens is 418 g/mol. The summed E-state index contributed by atoms with van der Waals surface area (Å²) in [6, 6.07) is 18.4. The highest BCUT2D eigenvalue weighted by Crippen LogP contribution is 2.32. The normalized spacial score (nSPS) is 16.8. The van der Waals surface area contributed by atoms with Gasteiger partial charge in [0, 0.05) is 30.0 Å². The molecule has 1 fully saturated rings. The standard InChI is InChI=1S/C22H26BrN3O2/c23-19-9-4-8-18(14-19)20-10-5-12-25(20)16-22(28)26(13-11-21(24)27)15-17-6-2-1-3-7-17/h1-4,6-9,14,20H,5,10-13,15-16H2,(H2,24,27). The number of likely N-dealkylation sites (tertiary alicyclic amines) is 1. The van der Waals surface area contributed by atoms with Crippen LogP contribution in [0.1, 0.15) is 36.4 Å². The van der Waals surface area contributed by atoms with Gasteiger partial charge in [0.15, 0.2) is 0 Å². The van der Waals surface area contributed by atoms with Crippen LogP contribution in [0.3, 0.4) is 0 Å². The molecule has 2 aromatic rings. The molecule has 0 bridgehead atoms. The molecule has 148 valence electrons. The molecule has 6 heteroatoms. The van der Waals surface area contributed by atoms with Crippen LogP contribution in [0, 0.1) is 0 Å². The van der Waals surface area contributed by atoms with Crippen LogP contribution in [-0.2, 0) is 16.1 Å². The first kappa shape index (κ1) is 20.6.